The van der Waals surface area contributed by atoms with E-state index in [2.05, 4.69) is 31.2 Å². The van der Waals surface area contributed by atoms with Crippen molar-refractivity contribution >= 4 is 17.7 Å². The molecule has 28 heavy (non-hydrogen) atoms. The van der Waals surface area contributed by atoms with E-state index in [4.69, 9.17) is 9.72 Å². The van der Waals surface area contributed by atoms with Gasteiger partial charge in [0.25, 0.3) is 5.56 Å². The second-order valence-electron chi connectivity index (χ2n) is 8.28. The molecule has 0 N–H and O–H groups in total. The van der Waals surface area contributed by atoms with Crippen LogP contribution in [0.25, 0.3) is 0 Å². The van der Waals surface area contributed by atoms with Crippen LogP contribution in [0.4, 0.5) is 0 Å². The van der Waals surface area contributed by atoms with Gasteiger partial charge < -0.3 is 4.74 Å². The summed E-state index contributed by atoms with van der Waals surface area (Å²) in [5.41, 5.74) is 3.34. The molecule has 0 unspecified atom stereocenters. The van der Waals surface area contributed by atoms with Crippen LogP contribution in [0.5, 0.6) is 0 Å². The zero-order chi connectivity index (χ0) is 20.3. The van der Waals surface area contributed by atoms with Crippen molar-refractivity contribution in [3.63, 3.8) is 0 Å². The highest BCUT2D eigenvalue weighted by Gasteiger charge is 2.23. The number of nitrogens with zero attached hydrogens (tertiary/aromatic N) is 2. The van der Waals surface area contributed by atoms with Gasteiger partial charge in [-0.3, -0.25) is 14.2 Å². The van der Waals surface area contributed by atoms with Crippen LogP contribution in [0.15, 0.2) is 34.2 Å². The quantitative estimate of drug-likeness (QED) is 0.430. The van der Waals surface area contributed by atoms with E-state index in [-0.39, 0.29) is 12.1 Å². The topological polar surface area (TPSA) is 61.2 Å². The number of benzene rings is 1. The Balaban J connectivity index is 1.89. The minimum Gasteiger partial charge on any atom is -0.459 e. The summed E-state index contributed by atoms with van der Waals surface area (Å²) in [6, 6.07) is 8.31. The van der Waals surface area contributed by atoms with E-state index < -0.39 is 11.6 Å². The molecule has 150 valence electrons. The Morgan fingerprint density at radius 2 is 1.86 bits per heavy atom. The molecule has 2 aromatic rings. The van der Waals surface area contributed by atoms with Gasteiger partial charge in [0, 0.05) is 11.3 Å². The van der Waals surface area contributed by atoms with Crippen LogP contribution >= 0.6 is 11.8 Å². The van der Waals surface area contributed by atoms with Crippen LogP contribution in [0, 0.1) is 6.92 Å². The molecule has 5 nitrogen and oxygen atoms in total. The molecule has 1 heterocycles. The fourth-order valence-corrected chi connectivity index (χ4v) is 4.22. The van der Waals surface area contributed by atoms with E-state index in [1.807, 2.05) is 20.8 Å². The van der Waals surface area contributed by atoms with Crippen LogP contribution in [0.1, 0.15) is 56.0 Å². The number of hydrogen-bond acceptors (Lipinski definition) is 5. The first-order valence-electron chi connectivity index (χ1n) is 9.76. The van der Waals surface area contributed by atoms with Gasteiger partial charge in [-0.15, -0.1) is 0 Å². The number of thioether (sulfide) groups is 1. The first-order chi connectivity index (χ1) is 13.2. The summed E-state index contributed by atoms with van der Waals surface area (Å²) in [5, 5.41) is 0.595. The third kappa shape index (κ3) is 5.25. The lowest BCUT2D eigenvalue weighted by atomic mass is 9.97. The van der Waals surface area contributed by atoms with E-state index in [1.165, 1.54) is 21.9 Å². The Kier molecular flexibility index (Phi) is 6.28. The van der Waals surface area contributed by atoms with Crippen molar-refractivity contribution in [3.05, 3.63) is 57.0 Å². The average molecular weight is 401 g/mol. The van der Waals surface area contributed by atoms with Crippen molar-refractivity contribution in [1.29, 1.82) is 0 Å². The summed E-state index contributed by atoms with van der Waals surface area (Å²) in [4.78, 5) is 30.3. The summed E-state index contributed by atoms with van der Waals surface area (Å²) >= 11 is 1.50. The minimum atomic E-state index is -0.586. The number of aromatic nitrogens is 2. The van der Waals surface area contributed by atoms with Crippen molar-refractivity contribution in [2.45, 2.75) is 76.4 Å². The smallest absolute Gasteiger partial charge is 0.326 e. The van der Waals surface area contributed by atoms with E-state index in [0.29, 0.717) is 10.9 Å². The number of rotatable bonds is 5. The summed E-state index contributed by atoms with van der Waals surface area (Å²) in [6.45, 7) is 7.43. The summed E-state index contributed by atoms with van der Waals surface area (Å²) in [5.74, 6) is 0.282. The fraction of sp³-hybridized carbons (Fsp3) is 0.500. The van der Waals surface area contributed by atoms with Crippen molar-refractivity contribution < 1.29 is 9.53 Å². The monoisotopic (exact) mass is 400 g/mol. The van der Waals surface area contributed by atoms with Gasteiger partial charge in [-0.2, -0.15) is 0 Å². The van der Waals surface area contributed by atoms with Gasteiger partial charge in [0.15, 0.2) is 5.16 Å². The molecule has 0 saturated carbocycles. The molecule has 1 aliphatic carbocycles. The zero-order valence-corrected chi connectivity index (χ0v) is 17.9. The van der Waals surface area contributed by atoms with Crippen molar-refractivity contribution in [1.82, 2.24) is 9.55 Å². The molecule has 3 rings (SSSR count). The van der Waals surface area contributed by atoms with Crippen LogP contribution < -0.4 is 5.56 Å². The van der Waals surface area contributed by atoms with E-state index in [1.54, 1.807) is 0 Å². The largest absolute Gasteiger partial charge is 0.459 e. The molecule has 0 fully saturated rings. The highest BCUT2D eigenvalue weighted by molar-refractivity contribution is 7.98. The van der Waals surface area contributed by atoms with Gasteiger partial charge in [0.05, 0.1) is 5.69 Å². The number of carbonyl (C=O) groups excluding carboxylic acids is 1. The van der Waals surface area contributed by atoms with Crippen LogP contribution in [-0.4, -0.2) is 21.1 Å². The lowest BCUT2D eigenvalue weighted by molar-refractivity contribution is -0.155. The predicted octanol–water partition coefficient (Wildman–Crippen LogP) is 4.06. The molecule has 0 atom stereocenters. The molecule has 0 radical (unpaired) electrons. The highest BCUT2D eigenvalue weighted by Crippen LogP contribution is 2.24. The van der Waals surface area contributed by atoms with Crippen LogP contribution in [0.2, 0.25) is 0 Å². The van der Waals surface area contributed by atoms with Gasteiger partial charge >= 0.3 is 5.97 Å². The number of fused-ring (bicyclic) bond motifs is 1. The lowest BCUT2D eigenvalue weighted by Gasteiger charge is -2.22. The minimum absolute atomic E-state index is 0.0954. The standard InChI is InChI=1S/C22H28N2O3S/c1-15-9-11-16(12-10-15)14-28-21-23-18-8-6-5-7-17(18)20(26)24(21)13-19(25)27-22(2,3)4/h9-12H,5-8,13-14H2,1-4H3. The van der Waals surface area contributed by atoms with Crippen molar-refractivity contribution in [3.8, 4) is 0 Å². The molecule has 1 aliphatic rings. The maximum atomic E-state index is 13.1. The van der Waals surface area contributed by atoms with Crippen molar-refractivity contribution in [2.75, 3.05) is 0 Å². The van der Waals surface area contributed by atoms with Gasteiger partial charge in [-0.05, 0) is 58.9 Å². The molecule has 0 amide bonds. The Bertz CT molecular complexity index is 911. The molecular weight excluding hydrogens is 372 g/mol. The molecular formula is C22H28N2O3S. The van der Waals surface area contributed by atoms with Crippen LogP contribution in [-0.2, 0) is 34.7 Å². The Labute approximate surface area is 170 Å². The SMILES string of the molecule is Cc1ccc(CSc2nc3c(c(=O)n2CC(=O)OC(C)(C)C)CCCC3)cc1. The number of ether oxygens (including phenoxy) is 1. The second-order valence-corrected chi connectivity index (χ2v) is 9.22. The number of carbonyl (C=O) groups is 1. The Morgan fingerprint density at radius 3 is 2.54 bits per heavy atom. The van der Waals surface area contributed by atoms with E-state index in [0.717, 1.165) is 42.5 Å². The second kappa shape index (κ2) is 8.52. The molecule has 1 aromatic carbocycles. The van der Waals surface area contributed by atoms with Gasteiger partial charge in [0.2, 0.25) is 0 Å². The zero-order valence-electron chi connectivity index (χ0n) is 17.1. The average Bonchev–Trinajstić information content (AvgIpc) is 2.62. The van der Waals surface area contributed by atoms with Gasteiger partial charge in [-0.1, -0.05) is 41.6 Å². The number of aryl methyl sites for hydroxylation is 2. The fourth-order valence-electron chi connectivity index (χ4n) is 3.25. The Morgan fingerprint density at radius 1 is 1.18 bits per heavy atom. The number of esters is 1. The predicted molar refractivity (Wildman–Crippen MR) is 112 cm³/mol. The molecule has 0 spiro atoms. The third-order valence-electron chi connectivity index (χ3n) is 4.60. The molecule has 6 heteroatoms. The molecule has 1 aromatic heterocycles. The first-order valence-corrected chi connectivity index (χ1v) is 10.7. The van der Waals surface area contributed by atoms with E-state index >= 15 is 0 Å². The first kappa shape index (κ1) is 20.6. The lowest BCUT2D eigenvalue weighted by Crippen LogP contribution is -2.35. The third-order valence-corrected chi connectivity index (χ3v) is 5.65. The Hall–Kier alpha value is -2.08. The molecule has 0 bridgehead atoms. The number of hydrogen-bond donors (Lipinski definition) is 0. The maximum absolute atomic E-state index is 13.1. The van der Waals surface area contributed by atoms with E-state index in [9.17, 15) is 9.59 Å². The van der Waals surface area contributed by atoms with Crippen LogP contribution in [0.3, 0.4) is 0 Å². The maximum Gasteiger partial charge on any atom is 0.326 e. The summed E-state index contributed by atoms with van der Waals surface area (Å²) in [7, 11) is 0. The summed E-state index contributed by atoms with van der Waals surface area (Å²) in [6.07, 6.45) is 3.61. The van der Waals surface area contributed by atoms with Gasteiger partial charge in [-0.25, -0.2) is 4.98 Å². The molecule has 0 saturated heterocycles. The summed E-state index contributed by atoms with van der Waals surface area (Å²) < 4.78 is 6.93. The molecule has 0 aliphatic heterocycles. The van der Waals surface area contributed by atoms with Crippen molar-refractivity contribution in [2.24, 2.45) is 0 Å². The van der Waals surface area contributed by atoms with Gasteiger partial charge in [0.1, 0.15) is 12.1 Å². The normalized spacial score (nSPS) is 13.9. The highest BCUT2D eigenvalue weighted by atomic mass is 32.2.